The Labute approximate surface area is 81.2 Å². The van der Waals surface area contributed by atoms with Gasteiger partial charge in [-0.1, -0.05) is 6.92 Å². The van der Waals surface area contributed by atoms with Crippen LogP contribution in [0.1, 0.15) is 19.8 Å². The first-order valence-electron chi connectivity index (χ1n) is 5.33. The van der Waals surface area contributed by atoms with Crippen LogP contribution < -0.4 is 5.73 Å². The minimum absolute atomic E-state index is 0.771. The second-order valence-electron chi connectivity index (χ2n) is 3.93. The zero-order valence-corrected chi connectivity index (χ0v) is 8.67. The van der Waals surface area contributed by atoms with Crippen molar-refractivity contribution in [1.82, 2.24) is 4.90 Å². The topological polar surface area (TPSA) is 38.5 Å². The molecular weight excluding hydrogens is 164 g/mol. The Morgan fingerprint density at radius 2 is 2.00 bits per heavy atom. The maximum Gasteiger partial charge on any atom is 0.0594 e. The van der Waals surface area contributed by atoms with Crippen molar-refractivity contribution in [2.75, 3.05) is 39.4 Å². The highest BCUT2D eigenvalue weighted by molar-refractivity contribution is 4.64. The summed E-state index contributed by atoms with van der Waals surface area (Å²) in [7, 11) is 0. The molecule has 1 rings (SSSR count). The Balaban J connectivity index is 2.03. The van der Waals surface area contributed by atoms with Gasteiger partial charge in [-0.25, -0.2) is 0 Å². The smallest absolute Gasteiger partial charge is 0.0594 e. The van der Waals surface area contributed by atoms with E-state index in [0.29, 0.717) is 0 Å². The first kappa shape index (κ1) is 11.0. The van der Waals surface area contributed by atoms with Crippen LogP contribution in [0.4, 0.5) is 0 Å². The number of nitrogens with zero attached hydrogens (tertiary/aromatic N) is 1. The van der Waals surface area contributed by atoms with Gasteiger partial charge in [0.15, 0.2) is 0 Å². The summed E-state index contributed by atoms with van der Waals surface area (Å²) in [6, 6.07) is 0. The Morgan fingerprint density at radius 3 is 2.62 bits per heavy atom. The minimum atomic E-state index is 0.771. The van der Waals surface area contributed by atoms with Crippen LogP contribution >= 0.6 is 0 Å². The van der Waals surface area contributed by atoms with Crippen molar-refractivity contribution in [1.29, 1.82) is 0 Å². The molecule has 1 saturated heterocycles. The Morgan fingerprint density at radius 1 is 1.31 bits per heavy atom. The van der Waals surface area contributed by atoms with Gasteiger partial charge in [0.2, 0.25) is 0 Å². The fourth-order valence-corrected chi connectivity index (χ4v) is 1.66. The third-order valence-corrected chi connectivity index (χ3v) is 2.70. The molecule has 1 atom stereocenters. The summed E-state index contributed by atoms with van der Waals surface area (Å²) in [4.78, 5) is 2.48. The first-order valence-corrected chi connectivity index (χ1v) is 5.33. The third-order valence-electron chi connectivity index (χ3n) is 2.70. The minimum Gasteiger partial charge on any atom is -0.379 e. The monoisotopic (exact) mass is 186 g/mol. The highest BCUT2D eigenvalue weighted by Gasteiger charge is 2.10. The van der Waals surface area contributed by atoms with Gasteiger partial charge in [-0.15, -0.1) is 0 Å². The quantitative estimate of drug-likeness (QED) is 0.686. The molecule has 3 heteroatoms. The van der Waals surface area contributed by atoms with Crippen LogP contribution in [-0.4, -0.2) is 44.3 Å². The van der Waals surface area contributed by atoms with Crippen molar-refractivity contribution in [2.45, 2.75) is 19.8 Å². The molecule has 2 N–H and O–H groups in total. The lowest BCUT2D eigenvalue weighted by molar-refractivity contribution is 0.0356. The predicted molar refractivity (Wildman–Crippen MR) is 54.7 cm³/mol. The van der Waals surface area contributed by atoms with E-state index in [2.05, 4.69) is 11.8 Å². The molecule has 0 bridgehead atoms. The zero-order valence-electron chi connectivity index (χ0n) is 8.67. The second-order valence-corrected chi connectivity index (χ2v) is 3.93. The summed E-state index contributed by atoms with van der Waals surface area (Å²) < 4.78 is 5.29. The molecule has 13 heavy (non-hydrogen) atoms. The lowest BCUT2D eigenvalue weighted by atomic mass is 10.0. The average molecular weight is 186 g/mol. The Hall–Kier alpha value is -0.120. The van der Waals surface area contributed by atoms with Gasteiger partial charge in [0, 0.05) is 13.1 Å². The van der Waals surface area contributed by atoms with Crippen LogP contribution in [0, 0.1) is 5.92 Å². The molecule has 1 aliphatic heterocycles. The molecule has 78 valence electrons. The number of rotatable bonds is 5. The van der Waals surface area contributed by atoms with E-state index in [1.54, 1.807) is 0 Å². The maximum absolute atomic E-state index is 5.50. The van der Waals surface area contributed by atoms with Gasteiger partial charge in [-0.05, 0) is 31.8 Å². The van der Waals surface area contributed by atoms with Crippen molar-refractivity contribution in [3.63, 3.8) is 0 Å². The molecule has 1 unspecified atom stereocenters. The average Bonchev–Trinajstić information content (AvgIpc) is 2.17. The van der Waals surface area contributed by atoms with Gasteiger partial charge < -0.3 is 10.5 Å². The molecule has 1 heterocycles. The highest BCUT2D eigenvalue weighted by Crippen LogP contribution is 2.08. The summed E-state index contributed by atoms with van der Waals surface area (Å²) in [6.07, 6.45) is 2.43. The lowest BCUT2D eigenvalue weighted by Crippen LogP contribution is -2.37. The number of hydrogen-bond donors (Lipinski definition) is 1. The van der Waals surface area contributed by atoms with E-state index in [1.807, 2.05) is 0 Å². The van der Waals surface area contributed by atoms with Crippen LogP contribution in [0.2, 0.25) is 0 Å². The van der Waals surface area contributed by atoms with Gasteiger partial charge >= 0.3 is 0 Å². The van der Waals surface area contributed by atoms with Gasteiger partial charge in [-0.3, -0.25) is 4.90 Å². The third kappa shape index (κ3) is 4.60. The van der Waals surface area contributed by atoms with E-state index in [-0.39, 0.29) is 0 Å². The van der Waals surface area contributed by atoms with Crippen molar-refractivity contribution in [3.8, 4) is 0 Å². The number of nitrogens with two attached hydrogens (primary N) is 1. The molecule has 0 radical (unpaired) electrons. The van der Waals surface area contributed by atoms with Gasteiger partial charge in [0.05, 0.1) is 13.2 Å². The molecule has 0 saturated carbocycles. The van der Waals surface area contributed by atoms with Crippen LogP contribution in [0.15, 0.2) is 0 Å². The summed E-state index contributed by atoms with van der Waals surface area (Å²) in [5.74, 6) is 0.771. The van der Waals surface area contributed by atoms with Crippen molar-refractivity contribution in [2.24, 2.45) is 11.7 Å². The van der Waals surface area contributed by atoms with E-state index < -0.39 is 0 Å². The second kappa shape index (κ2) is 6.35. The molecule has 1 fully saturated rings. The molecule has 0 amide bonds. The van der Waals surface area contributed by atoms with Gasteiger partial charge in [0.25, 0.3) is 0 Å². The molecule has 1 aliphatic rings. The number of morpholine rings is 1. The largest absolute Gasteiger partial charge is 0.379 e. The van der Waals surface area contributed by atoms with Crippen molar-refractivity contribution in [3.05, 3.63) is 0 Å². The summed E-state index contributed by atoms with van der Waals surface area (Å²) in [5, 5.41) is 0. The molecule has 0 aromatic rings. The summed E-state index contributed by atoms with van der Waals surface area (Å²) >= 11 is 0. The normalized spacial score (nSPS) is 21.7. The SMILES string of the molecule is CC(CCN)CCN1CCOCC1. The van der Waals surface area contributed by atoms with E-state index in [1.165, 1.54) is 13.0 Å². The van der Waals surface area contributed by atoms with E-state index in [0.717, 1.165) is 45.2 Å². The molecular formula is C10H22N2O. The van der Waals surface area contributed by atoms with Crippen LogP contribution in [-0.2, 0) is 4.74 Å². The predicted octanol–water partition coefficient (Wildman–Crippen LogP) is 0.694. The summed E-state index contributed by atoms with van der Waals surface area (Å²) in [5.41, 5.74) is 5.50. The Kier molecular flexibility index (Phi) is 5.35. The van der Waals surface area contributed by atoms with E-state index in [4.69, 9.17) is 10.5 Å². The molecule has 0 aromatic carbocycles. The van der Waals surface area contributed by atoms with Crippen molar-refractivity contribution >= 4 is 0 Å². The first-order chi connectivity index (χ1) is 6.33. The number of hydrogen-bond acceptors (Lipinski definition) is 3. The van der Waals surface area contributed by atoms with E-state index >= 15 is 0 Å². The maximum atomic E-state index is 5.50. The standard InChI is InChI=1S/C10H22N2O/c1-10(2-4-11)3-5-12-6-8-13-9-7-12/h10H,2-9,11H2,1H3. The van der Waals surface area contributed by atoms with Crippen LogP contribution in [0.25, 0.3) is 0 Å². The molecule has 3 nitrogen and oxygen atoms in total. The van der Waals surface area contributed by atoms with Gasteiger partial charge in [0.1, 0.15) is 0 Å². The lowest BCUT2D eigenvalue weighted by Gasteiger charge is -2.27. The Bertz CT molecular complexity index is 124. The number of ether oxygens (including phenoxy) is 1. The highest BCUT2D eigenvalue weighted by atomic mass is 16.5. The van der Waals surface area contributed by atoms with Crippen molar-refractivity contribution < 1.29 is 4.74 Å². The fourth-order valence-electron chi connectivity index (χ4n) is 1.66. The summed E-state index contributed by atoms with van der Waals surface area (Å²) in [6.45, 7) is 8.35. The van der Waals surface area contributed by atoms with Crippen LogP contribution in [0.3, 0.4) is 0 Å². The zero-order chi connectivity index (χ0) is 9.52. The molecule has 0 aliphatic carbocycles. The molecule has 0 aromatic heterocycles. The van der Waals surface area contributed by atoms with Gasteiger partial charge in [-0.2, -0.15) is 0 Å². The fraction of sp³-hybridized carbons (Fsp3) is 1.00. The van der Waals surface area contributed by atoms with Crippen LogP contribution in [0.5, 0.6) is 0 Å². The van der Waals surface area contributed by atoms with E-state index in [9.17, 15) is 0 Å². The molecule has 0 spiro atoms.